The molecule has 2 aliphatic rings. The van der Waals surface area contributed by atoms with Crippen LogP contribution in [0.15, 0.2) is 65.2 Å². The van der Waals surface area contributed by atoms with Gasteiger partial charge < -0.3 is 24.4 Å². The van der Waals surface area contributed by atoms with Gasteiger partial charge in [-0.3, -0.25) is 4.18 Å². The van der Waals surface area contributed by atoms with Crippen LogP contribution < -0.4 is 9.64 Å². The molecule has 1 aliphatic carbocycles. The van der Waals surface area contributed by atoms with E-state index in [1.807, 2.05) is 42.5 Å². The predicted octanol–water partition coefficient (Wildman–Crippen LogP) is 4.18. The summed E-state index contributed by atoms with van der Waals surface area (Å²) in [6, 6.07) is 18.3. The number of benzene rings is 2. The Morgan fingerprint density at radius 3 is 2.51 bits per heavy atom. The fraction of sp³-hybridized carbons (Fsp3) is 0.545. The van der Waals surface area contributed by atoms with Crippen molar-refractivity contribution in [3.8, 4) is 5.75 Å². The van der Waals surface area contributed by atoms with E-state index in [2.05, 4.69) is 16.3 Å². The van der Waals surface area contributed by atoms with E-state index in [0.29, 0.717) is 23.9 Å². The van der Waals surface area contributed by atoms with Gasteiger partial charge in [0.05, 0.1) is 26.0 Å². The topological polar surface area (TPSA) is 106 Å². The van der Waals surface area contributed by atoms with E-state index in [0.717, 1.165) is 62.9 Å². The summed E-state index contributed by atoms with van der Waals surface area (Å²) >= 11 is -1.28. The van der Waals surface area contributed by atoms with Gasteiger partial charge in [-0.05, 0) is 42.9 Å². The van der Waals surface area contributed by atoms with Gasteiger partial charge in [-0.25, -0.2) is 8.60 Å². The van der Waals surface area contributed by atoms with Gasteiger partial charge in [0.15, 0.2) is 22.9 Å². The maximum atomic E-state index is 13.7. The van der Waals surface area contributed by atoms with Crippen molar-refractivity contribution in [1.82, 2.24) is 5.16 Å². The van der Waals surface area contributed by atoms with Crippen LogP contribution in [0.25, 0.3) is 0 Å². The first-order chi connectivity index (χ1) is 20.9. The Kier molecular flexibility index (Phi) is 12.7. The van der Waals surface area contributed by atoms with Gasteiger partial charge in [0, 0.05) is 24.5 Å². The van der Waals surface area contributed by atoms with Crippen LogP contribution in [0.5, 0.6) is 5.75 Å². The van der Waals surface area contributed by atoms with Crippen LogP contribution in [0, 0.1) is 17.7 Å². The number of aliphatic hydroxyl groups excluding tert-OH is 1. The zero-order valence-corrected chi connectivity index (χ0v) is 26.1. The molecule has 0 radical (unpaired) electrons. The van der Waals surface area contributed by atoms with Gasteiger partial charge in [0.2, 0.25) is 0 Å². The number of nitrogens with zero attached hydrogens (tertiary/aromatic N) is 1. The number of piperidine rings is 1. The molecule has 1 saturated heterocycles. The highest BCUT2D eigenvalue weighted by Gasteiger charge is 2.43. The summed E-state index contributed by atoms with van der Waals surface area (Å²) in [4.78, 5) is 1.35. The summed E-state index contributed by atoms with van der Waals surface area (Å²) in [5.74, 6) is 1.86. The Morgan fingerprint density at radius 1 is 1.09 bits per heavy atom. The Morgan fingerprint density at radius 2 is 1.86 bits per heavy atom. The standard InChI is InChI=1S/C30H37FN2O3.C3H8O3S/c1-2-22-16-17-33(21-28(22)35-26-15-9-14-25(31)18-26)20-27-19-29(32-36-27)30(34,23-10-5-3-6-11-23)24-12-7-4-8-13-24;1-6-7(5)3-2-4/h3,5-6,9-11,14-15,18-19,22,24,28,34H,2,4,7-8,12-13,16-17,20-21H2,1H3;4H,2-3H2,1H3/p+1. The maximum absolute atomic E-state index is 13.7. The molecule has 0 bridgehead atoms. The molecule has 5 atom stereocenters. The number of likely N-dealkylation sites (tertiary alicyclic amines) is 1. The third kappa shape index (κ3) is 8.95. The molecule has 2 fully saturated rings. The lowest BCUT2D eigenvalue weighted by Gasteiger charge is -2.37. The van der Waals surface area contributed by atoms with Crippen LogP contribution in [0.1, 0.15) is 68.9 Å². The molecule has 236 valence electrons. The SMILES string of the molecule is CCC1CC[NH+](Cc2cc(C(O)(c3ccccc3)C3CCCCC3)no2)CC1Oc1cccc(F)c1.COS(=O)CCO. The van der Waals surface area contributed by atoms with Crippen molar-refractivity contribution in [2.75, 3.05) is 32.6 Å². The average molecular weight is 618 g/mol. The number of halogens is 1. The van der Waals surface area contributed by atoms with E-state index in [-0.39, 0.29) is 30.2 Å². The van der Waals surface area contributed by atoms with E-state index in [1.165, 1.54) is 30.6 Å². The maximum Gasteiger partial charge on any atom is 0.191 e. The first-order valence-corrected chi connectivity index (χ1v) is 16.6. The van der Waals surface area contributed by atoms with E-state index in [9.17, 15) is 13.7 Å². The monoisotopic (exact) mass is 617 g/mol. The summed E-state index contributed by atoms with van der Waals surface area (Å²) in [7, 11) is 1.34. The lowest BCUT2D eigenvalue weighted by Crippen LogP contribution is -3.13. The van der Waals surface area contributed by atoms with E-state index in [1.54, 1.807) is 6.07 Å². The lowest BCUT2D eigenvalue weighted by molar-refractivity contribution is -0.923. The molecule has 1 saturated carbocycles. The van der Waals surface area contributed by atoms with E-state index in [4.69, 9.17) is 14.4 Å². The molecular weight excluding hydrogens is 571 g/mol. The minimum absolute atomic E-state index is 0.0198. The third-order valence-corrected chi connectivity index (χ3v) is 9.61. The number of hydrogen-bond donors (Lipinski definition) is 3. The van der Waals surface area contributed by atoms with Gasteiger partial charge in [0.25, 0.3) is 0 Å². The first-order valence-electron chi connectivity index (χ1n) is 15.4. The molecule has 43 heavy (non-hydrogen) atoms. The van der Waals surface area contributed by atoms with Crippen LogP contribution in [0.2, 0.25) is 0 Å². The molecule has 3 aromatic rings. The summed E-state index contributed by atoms with van der Waals surface area (Å²) in [5.41, 5.74) is 0.360. The number of aromatic nitrogens is 1. The minimum Gasteiger partial charge on any atom is -0.484 e. The Hall–Kier alpha value is -2.63. The Bertz CT molecular complexity index is 1270. The Labute approximate surface area is 256 Å². The molecule has 2 aromatic carbocycles. The van der Waals surface area contributed by atoms with Crippen molar-refractivity contribution in [2.45, 2.75) is 70.1 Å². The Balaban J connectivity index is 0.000000541. The van der Waals surface area contributed by atoms with Crippen LogP contribution in [-0.2, 0) is 27.4 Å². The normalized spacial score (nSPS) is 23.0. The predicted molar refractivity (Wildman–Crippen MR) is 163 cm³/mol. The quantitative estimate of drug-likeness (QED) is 0.297. The van der Waals surface area contributed by atoms with Crippen LogP contribution in [0.3, 0.4) is 0 Å². The zero-order chi connectivity index (χ0) is 30.7. The molecule has 3 N–H and O–H groups in total. The fourth-order valence-electron chi connectivity index (χ4n) is 6.39. The molecule has 0 spiro atoms. The molecule has 1 aliphatic heterocycles. The number of hydrogen-bond acceptors (Lipinski definition) is 7. The molecule has 10 heteroatoms. The van der Waals surface area contributed by atoms with Crippen molar-refractivity contribution in [1.29, 1.82) is 0 Å². The lowest BCUT2D eigenvalue weighted by atomic mass is 9.71. The summed E-state index contributed by atoms with van der Waals surface area (Å²) in [5, 5.41) is 24.6. The molecule has 2 heterocycles. The van der Waals surface area contributed by atoms with Crippen LogP contribution in [0.4, 0.5) is 4.39 Å². The van der Waals surface area contributed by atoms with Gasteiger partial charge in [0.1, 0.15) is 36.0 Å². The van der Waals surface area contributed by atoms with E-state index < -0.39 is 16.7 Å². The first kappa shape index (κ1) is 33.3. The largest absolute Gasteiger partial charge is 0.484 e. The smallest absolute Gasteiger partial charge is 0.191 e. The second-order valence-electron chi connectivity index (χ2n) is 11.5. The summed E-state index contributed by atoms with van der Waals surface area (Å²) < 4.78 is 40.2. The van der Waals surface area contributed by atoms with Gasteiger partial charge in [-0.1, -0.05) is 67.7 Å². The molecular formula is C33H46FN2O6S+. The van der Waals surface area contributed by atoms with Gasteiger partial charge in [-0.2, -0.15) is 0 Å². The highest BCUT2D eigenvalue weighted by Crippen LogP contribution is 2.43. The average Bonchev–Trinajstić information content (AvgIpc) is 3.51. The van der Waals surface area contributed by atoms with Crippen molar-refractivity contribution < 1.29 is 37.2 Å². The highest BCUT2D eigenvalue weighted by molar-refractivity contribution is 7.80. The number of quaternary nitrogens is 1. The van der Waals surface area contributed by atoms with Gasteiger partial charge >= 0.3 is 0 Å². The molecule has 5 rings (SSSR count). The summed E-state index contributed by atoms with van der Waals surface area (Å²) in [6.07, 6.45) is 7.56. The second kappa shape index (κ2) is 16.4. The van der Waals surface area contributed by atoms with Crippen molar-refractivity contribution in [3.63, 3.8) is 0 Å². The van der Waals surface area contributed by atoms with Gasteiger partial charge in [-0.15, -0.1) is 0 Å². The molecule has 5 unspecified atom stereocenters. The number of rotatable bonds is 11. The molecule has 0 amide bonds. The molecule has 1 aromatic heterocycles. The number of ether oxygens (including phenoxy) is 1. The van der Waals surface area contributed by atoms with E-state index >= 15 is 0 Å². The fourth-order valence-corrected chi connectivity index (χ4v) is 6.71. The number of nitrogens with one attached hydrogen (secondary N) is 1. The van der Waals surface area contributed by atoms with Crippen molar-refractivity contribution in [3.05, 3.63) is 83.5 Å². The van der Waals surface area contributed by atoms with Crippen LogP contribution in [-0.4, -0.2) is 58.2 Å². The third-order valence-electron chi connectivity index (χ3n) is 8.72. The van der Waals surface area contributed by atoms with Crippen LogP contribution >= 0.6 is 0 Å². The number of aliphatic hydroxyl groups is 2. The highest BCUT2D eigenvalue weighted by atomic mass is 32.2. The minimum atomic E-state index is -1.28. The summed E-state index contributed by atoms with van der Waals surface area (Å²) in [6.45, 7) is 4.62. The second-order valence-corrected chi connectivity index (χ2v) is 12.8. The van der Waals surface area contributed by atoms with Crippen molar-refractivity contribution >= 4 is 11.1 Å². The zero-order valence-electron chi connectivity index (χ0n) is 25.3. The molecule has 8 nitrogen and oxygen atoms in total. The van der Waals surface area contributed by atoms with Crippen molar-refractivity contribution in [2.24, 2.45) is 11.8 Å².